The van der Waals surface area contributed by atoms with E-state index in [1.807, 2.05) is 4.90 Å². The first-order valence-corrected chi connectivity index (χ1v) is 13.9. The van der Waals surface area contributed by atoms with Gasteiger partial charge in [0.25, 0.3) is 5.91 Å². The number of pyridine rings is 1. The molecule has 2 rings (SSSR count). The van der Waals surface area contributed by atoms with Crippen LogP contribution in [0, 0.1) is 5.92 Å². The largest absolute Gasteiger partial charge is 0.352 e. The van der Waals surface area contributed by atoms with E-state index in [1.165, 1.54) is 0 Å². The molecule has 1 aromatic rings. The van der Waals surface area contributed by atoms with Gasteiger partial charge in [0.1, 0.15) is 0 Å². The van der Waals surface area contributed by atoms with Gasteiger partial charge in [-0.1, -0.05) is 67.7 Å². The molecule has 1 aliphatic heterocycles. The zero-order valence-corrected chi connectivity index (χ0v) is 22.6. The van der Waals surface area contributed by atoms with Gasteiger partial charge < -0.3 is 10.2 Å². The zero-order chi connectivity index (χ0) is 26.4. The monoisotopic (exact) mass is 503 g/mol. The van der Waals surface area contributed by atoms with Crippen LogP contribution in [0.25, 0.3) is 0 Å². The fourth-order valence-electron chi connectivity index (χ4n) is 4.12. The van der Waals surface area contributed by atoms with E-state index in [-0.39, 0.29) is 11.8 Å². The van der Waals surface area contributed by atoms with Crippen LogP contribution < -0.4 is 5.32 Å². The number of hydrogen-bond donors (Lipinski definition) is 1. The van der Waals surface area contributed by atoms with Crippen molar-refractivity contribution in [1.82, 2.24) is 15.2 Å². The summed E-state index contributed by atoms with van der Waals surface area (Å²) in [7, 11) is 0. The predicted octanol–water partition coefficient (Wildman–Crippen LogP) is 6.97. The molecule has 1 aliphatic rings. The van der Waals surface area contributed by atoms with E-state index in [1.54, 1.807) is 24.5 Å². The standard InChI is InChI=1S/C32H45N3O2/c1-2-3-4-5-6-7-8-9-10-11-12-13-14-15-16-17-18-21-31(36)35-25-22-29(23-26-35)27-34-32(37)30-20-19-24-33-28-30/h3-4,6-7,9-10,12-13,15-16,19-20,24,28-29H,2,5,8,11,14,17-18,21-23,25-27H2,1H3,(H,34,37)/b4-3-,7-6-,10-9-,13-12-,16-15-. The average molecular weight is 504 g/mol. The lowest BCUT2D eigenvalue weighted by Gasteiger charge is -2.32. The van der Waals surface area contributed by atoms with Crippen molar-refractivity contribution in [3.63, 3.8) is 0 Å². The zero-order valence-electron chi connectivity index (χ0n) is 22.6. The Morgan fingerprint density at radius 2 is 1.51 bits per heavy atom. The summed E-state index contributed by atoms with van der Waals surface area (Å²) in [4.78, 5) is 30.7. The minimum Gasteiger partial charge on any atom is -0.352 e. The van der Waals surface area contributed by atoms with Crippen LogP contribution in [0.15, 0.2) is 85.3 Å². The Labute approximate surface area is 224 Å². The van der Waals surface area contributed by atoms with Gasteiger partial charge in [-0.05, 0) is 75.8 Å². The first-order chi connectivity index (χ1) is 18.2. The Hall–Kier alpha value is -3.21. The third kappa shape index (κ3) is 14.2. The lowest BCUT2D eigenvalue weighted by atomic mass is 9.96. The summed E-state index contributed by atoms with van der Waals surface area (Å²) in [6.07, 6.45) is 34.6. The van der Waals surface area contributed by atoms with Crippen LogP contribution in [-0.2, 0) is 4.79 Å². The van der Waals surface area contributed by atoms with Gasteiger partial charge >= 0.3 is 0 Å². The Morgan fingerprint density at radius 1 is 0.919 bits per heavy atom. The number of aromatic nitrogens is 1. The number of unbranched alkanes of at least 4 members (excludes halogenated alkanes) is 1. The van der Waals surface area contributed by atoms with Crippen molar-refractivity contribution in [3.8, 4) is 0 Å². The minimum absolute atomic E-state index is 0.0818. The predicted molar refractivity (Wildman–Crippen MR) is 154 cm³/mol. The molecule has 0 aromatic carbocycles. The van der Waals surface area contributed by atoms with E-state index in [4.69, 9.17) is 0 Å². The fraction of sp³-hybridized carbons (Fsp3) is 0.469. The number of hydrogen-bond acceptors (Lipinski definition) is 3. The molecule has 0 spiro atoms. The second-order valence-corrected chi connectivity index (χ2v) is 9.38. The number of nitrogens with one attached hydrogen (secondary N) is 1. The van der Waals surface area contributed by atoms with Crippen LogP contribution in [0.5, 0.6) is 0 Å². The Morgan fingerprint density at radius 3 is 2.08 bits per heavy atom. The van der Waals surface area contributed by atoms with E-state index in [2.05, 4.69) is 78.0 Å². The summed E-state index contributed by atoms with van der Waals surface area (Å²) >= 11 is 0. The molecule has 0 bridgehead atoms. The molecule has 5 heteroatoms. The molecule has 0 radical (unpaired) electrons. The van der Waals surface area contributed by atoms with Gasteiger partial charge in [-0.3, -0.25) is 14.6 Å². The third-order valence-corrected chi connectivity index (χ3v) is 6.36. The van der Waals surface area contributed by atoms with E-state index in [9.17, 15) is 9.59 Å². The van der Waals surface area contributed by atoms with Crippen molar-refractivity contribution in [2.45, 2.75) is 71.1 Å². The van der Waals surface area contributed by atoms with E-state index in [0.717, 1.165) is 70.9 Å². The smallest absolute Gasteiger partial charge is 0.252 e. The normalized spacial score (nSPS) is 15.2. The maximum absolute atomic E-state index is 12.5. The van der Waals surface area contributed by atoms with Crippen molar-refractivity contribution in [3.05, 3.63) is 90.9 Å². The number of likely N-dealkylation sites (tertiary alicyclic amines) is 1. The molecular formula is C32H45N3O2. The van der Waals surface area contributed by atoms with Gasteiger partial charge in [-0.2, -0.15) is 0 Å². The number of nitrogens with zero attached hydrogens (tertiary/aromatic N) is 2. The van der Waals surface area contributed by atoms with Crippen molar-refractivity contribution in [2.75, 3.05) is 19.6 Å². The highest BCUT2D eigenvalue weighted by Gasteiger charge is 2.22. The highest BCUT2D eigenvalue weighted by molar-refractivity contribution is 5.93. The first-order valence-electron chi connectivity index (χ1n) is 13.9. The average Bonchev–Trinajstić information content (AvgIpc) is 2.94. The lowest BCUT2D eigenvalue weighted by Crippen LogP contribution is -2.41. The number of carbonyl (C=O) groups is 2. The highest BCUT2D eigenvalue weighted by Crippen LogP contribution is 2.18. The molecule has 1 N–H and O–H groups in total. The molecule has 200 valence electrons. The summed E-state index contributed by atoms with van der Waals surface area (Å²) in [6, 6.07) is 3.53. The Balaban J connectivity index is 1.46. The molecule has 0 atom stereocenters. The van der Waals surface area contributed by atoms with Crippen LogP contribution in [0.3, 0.4) is 0 Å². The van der Waals surface area contributed by atoms with E-state index >= 15 is 0 Å². The van der Waals surface area contributed by atoms with E-state index < -0.39 is 0 Å². The number of carbonyl (C=O) groups excluding carboxylic acids is 2. The maximum atomic E-state index is 12.5. The van der Waals surface area contributed by atoms with Gasteiger partial charge in [0, 0.05) is 38.4 Å². The summed E-state index contributed by atoms with van der Waals surface area (Å²) in [5, 5.41) is 3.00. The molecule has 1 aromatic heterocycles. The Bertz CT molecular complexity index is 907. The molecule has 2 amide bonds. The van der Waals surface area contributed by atoms with Crippen LogP contribution in [-0.4, -0.2) is 41.3 Å². The minimum atomic E-state index is -0.0818. The quantitative estimate of drug-likeness (QED) is 0.196. The number of rotatable bonds is 16. The molecule has 0 saturated carbocycles. The SMILES string of the molecule is CC/C=C\C/C=C\C/C=C\C/C=C\C/C=C\CCCC(=O)N1CCC(CNC(=O)c2cccnc2)CC1. The van der Waals surface area contributed by atoms with Crippen LogP contribution >= 0.6 is 0 Å². The molecule has 0 unspecified atom stereocenters. The summed E-state index contributed by atoms with van der Waals surface area (Å²) in [6.45, 7) is 4.38. The van der Waals surface area contributed by atoms with Crippen molar-refractivity contribution >= 4 is 11.8 Å². The van der Waals surface area contributed by atoms with Crippen molar-refractivity contribution in [1.29, 1.82) is 0 Å². The molecule has 1 saturated heterocycles. The number of piperidine rings is 1. The van der Waals surface area contributed by atoms with Crippen LogP contribution in [0.2, 0.25) is 0 Å². The summed E-state index contributed by atoms with van der Waals surface area (Å²) < 4.78 is 0. The summed E-state index contributed by atoms with van der Waals surface area (Å²) in [5.41, 5.74) is 0.586. The summed E-state index contributed by atoms with van der Waals surface area (Å²) in [5.74, 6) is 0.595. The van der Waals surface area contributed by atoms with Crippen LogP contribution in [0.4, 0.5) is 0 Å². The van der Waals surface area contributed by atoms with Gasteiger partial charge in [0.2, 0.25) is 5.91 Å². The third-order valence-electron chi connectivity index (χ3n) is 6.36. The second-order valence-electron chi connectivity index (χ2n) is 9.38. The van der Waals surface area contributed by atoms with Gasteiger partial charge in [-0.15, -0.1) is 0 Å². The second kappa shape index (κ2) is 19.9. The first kappa shape index (κ1) is 30.0. The molecule has 37 heavy (non-hydrogen) atoms. The van der Waals surface area contributed by atoms with Gasteiger partial charge in [0.15, 0.2) is 0 Å². The maximum Gasteiger partial charge on any atom is 0.252 e. The fourth-order valence-corrected chi connectivity index (χ4v) is 4.12. The molecule has 1 fully saturated rings. The molecule has 0 aliphatic carbocycles. The van der Waals surface area contributed by atoms with Crippen LogP contribution in [0.1, 0.15) is 81.5 Å². The highest BCUT2D eigenvalue weighted by atomic mass is 16.2. The van der Waals surface area contributed by atoms with Gasteiger partial charge in [-0.25, -0.2) is 0 Å². The van der Waals surface area contributed by atoms with E-state index in [0.29, 0.717) is 24.4 Å². The molecule has 2 heterocycles. The van der Waals surface area contributed by atoms with Crippen molar-refractivity contribution < 1.29 is 9.59 Å². The lowest BCUT2D eigenvalue weighted by molar-refractivity contribution is -0.132. The van der Waals surface area contributed by atoms with Gasteiger partial charge in [0.05, 0.1) is 5.56 Å². The number of allylic oxidation sites excluding steroid dienone is 10. The topological polar surface area (TPSA) is 62.3 Å². The number of amides is 2. The van der Waals surface area contributed by atoms with Crippen molar-refractivity contribution in [2.24, 2.45) is 5.92 Å². The Kier molecular flexibility index (Phi) is 16.2. The molecular weight excluding hydrogens is 458 g/mol. The molecule has 5 nitrogen and oxygen atoms in total.